The zero-order valence-corrected chi connectivity index (χ0v) is 15.5. The maximum absolute atomic E-state index is 10.6. The van der Waals surface area contributed by atoms with Crippen molar-refractivity contribution in [1.29, 1.82) is 0 Å². The van der Waals surface area contributed by atoms with Gasteiger partial charge in [-0.05, 0) is 0 Å². The number of phenols is 2. The van der Waals surface area contributed by atoms with E-state index < -0.39 is 11.9 Å². The molecule has 0 amide bonds. The summed E-state index contributed by atoms with van der Waals surface area (Å²) < 4.78 is 19.5. The van der Waals surface area contributed by atoms with E-state index in [9.17, 15) is 19.8 Å². The third-order valence-electron chi connectivity index (χ3n) is 3.46. The fourth-order valence-corrected chi connectivity index (χ4v) is 2.08. The van der Waals surface area contributed by atoms with Crippen LogP contribution in [0.25, 0.3) is 0 Å². The van der Waals surface area contributed by atoms with E-state index in [0.29, 0.717) is 0 Å². The lowest BCUT2D eigenvalue weighted by Crippen LogP contribution is -1.99. The summed E-state index contributed by atoms with van der Waals surface area (Å²) in [6, 6.07) is 4.80. The van der Waals surface area contributed by atoms with Crippen LogP contribution in [-0.2, 0) is 0 Å². The molecule has 0 unspecified atom stereocenters. The maximum Gasteiger partial charge on any atom is 0.339 e. The highest BCUT2D eigenvalue weighted by atomic mass is 16.5. The van der Waals surface area contributed by atoms with Gasteiger partial charge in [-0.2, -0.15) is 0 Å². The van der Waals surface area contributed by atoms with Gasteiger partial charge in [-0.3, -0.25) is 0 Å². The van der Waals surface area contributed by atoms with E-state index in [0.717, 1.165) is 0 Å². The Labute approximate surface area is 160 Å². The van der Waals surface area contributed by atoms with Crippen LogP contribution in [0, 0.1) is 0 Å². The van der Waals surface area contributed by atoms with E-state index in [1.54, 1.807) is 0 Å². The second-order valence-corrected chi connectivity index (χ2v) is 5.06. The van der Waals surface area contributed by atoms with Crippen LogP contribution < -0.4 is 18.9 Å². The topological polar surface area (TPSA) is 152 Å². The Morgan fingerprint density at radius 1 is 0.607 bits per heavy atom. The van der Waals surface area contributed by atoms with Gasteiger partial charge >= 0.3 is 11.9 Å². The van der Waals surface area contributed by atoms with E-state index in [1.165, 1.54) is 52.7 Å². The molecule has 0 radical (unpaired) electrons. The van der Waals surface area contributed by atoms with E-state index in [1.807, 2.05) is 0 Å². The van der Waals surface area contributed by atoms with Crippen LogP contribution in [0.3, 0.4) is 0 Å². The molecular weight excluding hydrogens is 376 g/mol. The Balaban J connectivity index is 0.000000280. The molecule has 152 valence electrons. The smallest absolute Gasteiger partial charge is 0.339 e. The first-order chi connectivity index (χ1) is 13.2. The lowest BCUT2D eigenvalue weighted by atomic mass is 10.2. The fourth-order valence-electron chi connectivity index (χ4n) is 2.08. The van der Waals surface area contributed by atoms with E-state index in [-0.39, 0.29) is 45.6 Å². The summed E-state index contributed by atoms with van der Waals surface area (Å²) in [5.41, 5.74) is -0.440. The number of aromatic carboxylic acids is 2. The lowest BCUT2D eigenvalue weighted by Gasteiger charge is -2.09. The summed E-state index contributed by atoms with van der Waals surface area (Å²) in [7, 11) is 5.58. The third kappa shape index (κ3) is 5.10. The Kier molecular flexibility index (Phi) is 7.75. The van der Waals surface area contributed by atoms with Crippen molar-refractivity contribution < 1.29 is 49.0 Å². The molecule has 0 aliphatic rings. The molecular formula is C18H20O10. The van der Waals surface area contributed by atoms with Crippen LogP contribution in [0.1, 0.15) is 20.7 Å². The predicted molar refractivity (Wildman–Crippen MR) is 96.3 cm³/mol. The summed E-state index contributed by atoms with van der Waals surface area (Å²) in [5, 5.41) is 36.0. The van der Waals surface area contributed by atoms with Crippen LogP contribution in [0.4, 0.5) is 0 Å². The minimum Gasteiger partial charge on any atom is -0.507 e. The Morgan fingerprint density at radius 2 is 0.857 bits per heavy atom. The zero-order chi connectivity index (χ0) is 21.4. The third-order valence-corrected chi connectivity index (χ3v) is 3.46. The van der Waals surface area contributed by atoms with Crippen LogP contribution in [0.5, 0.6) is 34.5 Å². The van der Waals surface area contributed by atoms with Crippen molar-refractivity contribution in [3.05, 3.63) is 35.4 Å². The van der Waals surface area contributed by atoms with E-state index >= 15 is 0 Å². The number of aromatic hydroxyl groups is 2. The minimum absolute atomic E-state index is 0.220. The molecule has 0 saturated heterocycles. The number of carboxylic acid groups (broad SMARTS) is 2. The molecule has 0 saturated carbocycles. The summed E-state index contributed by atoms with van der Waals surface area (Å²) in [6.07, 6.45) is 0. The molecule has 4 N–H and O–H groups in total. The monoisotopic (exact) mass is 396 g/mol. The normalized spacial score (nSPS) is 9.57. The highest BCUT2D eigenvalue weighted by molar-refractivity contribution is 5.92. The van der Waals surface area contributed by atoms with Crippen LogP contribution in [0.15, 0.2) is 24.3 Å². The average molecular weight is 396 g/mol. The number of methoxy groups -OCH3 is 4. The first kappa shape index (κ1) is 22.2. The van der Waals surface area contributed by atoms with E-state index in [4.69, 9.17) is 29.2 Å². The molecule has 0 bridgehead atoms. The number of hydrogen-bond acceptors (Lipinski definition) is 8. The summed E-state index contributed by atoms with van der Waals surface area (Å²) in [5.74, 6) is -2.03. The van der Waals surface area contributed by atoms with Crippen molar-refractivity contribution in [3.63, 3.8) is 0 Å². The van der Waals surface area contributed by atoms with Crippen molar-refractivity contribution >= 4 is 11.9 Å². The summed E-state index contributed by atoms with van der Waals surface area (Å²) in [4.78, 5) is 21.3. The molecule has 10 heteroatoms. The molecule has 0 aliphatic heterocycles. The van der Waals surface area contributed by atoms with Gasteiger partial charge in [-0.25, -0.2) is 9.59 Å². The van der Waals surface area contributed by atoms with Crippen molar-refractivity contribution in [2.24, 2.45) is 0 Å². The lowest BCUT2D eigenvalue weighted by molar-refractivity contribution is 0.0682. The van der Waals surface area contributed by atoms with Gasteiger partial charge in [-0.15, -0.1) is 0 Å². The van der Waals surface area contributed by atoms with Gasteiger partial charge in [0, 0.05) is 24.3 Å². The number of hydrogen-bond donors (Lipinski definition) is 4. The zero-order valence-electron chi connectivity index (χ0n) is 15.5. The number of carbonyl (C=O) groups is 2. The molecule has 0 aliphatic carbocycles. The van der Waals surface area contributed by atoms with Crippen molar-refractivity contribution in [2.45, 2.75) is 0 Å². The van der Waals surface area contributed by atoms with Crippen LogP contribution in [0.2, 0.25) is 0 Å². The van der Waals surface area contributed by atoms with Crippen molar-refractivity contribution in [1.82, 2.24) is 0 Å². The first-order valence-electron chi connectivity index (χ1n) is 7.56. The van der Waals surface area contributed by atoms with Gasteiger partial charge in [0.15, 0.2) is 23.0 Å². The standard InChI is InChI=1S/2C9H10O5/c2*1-13-7-3-5(9(11)12)6(10)4-8(7)14-2/h2*3-4,10H,1-2H3,(H,11,12). The number of benzene rings is 2. The van der Waals surface area contributed by atoms with Gasteiger partial charge in [0.25, 0.3) is 0 Å². The molecule has 0 heterocycles. The highest BCUT2D eigenvalue weighted by Gasteiger charge is 2.16. The number of carboxylic acids is 2. The first-order valence-corrected chi connectivity index (χ1v) is 7.56. The Bertz CT molecular complexity index is 788. The van der Waals surface area contributed by atoms with E-state index in [2.05, 4.69) is 0 Å². The predicted octanol–water partition coefficient (Wildman–Crippen LogP) is 2.22. The molecule has 0 spiro atoms. The van der Waals surface area contributed by atoms with Crippen LogP contribution >= 0.6 is 0 Å². The van der Waals surface area contributed by atoms with Crippen molar-refractivity contribution in [3.8, 4) is 34.5 Å². The molecule has 0 aromatic heterocycles. The highest BCUT2D eigenvalue weighted by Crippen LogP contribution is 2.34. The van der Waals surface area contributed by atoms with Crippen LogP contribution in [-0.4, -0.2) is 60.8 Å². The second kappa shape index (κ2) is 9.76. The molecule has 28 heavy (non-hydrogen) atoms. The van der Waals surface area contributed by atoms with Gasteiger partial charge in [0.05, 0.1) is 28.4 Å². The largest absolute Gasteiger partial charge is 0.507 e. The molecule has 2 aromatic carbocycles. The molecule has 2 rings (SSSR count). The number of ether oxygens (including phenoxy) is 4. The minimum atomic E-state index is -1.22. The fraction of sp³-hybridized carbons (Fsp3) is 0.222. The summed E-state index contributed by atoms with van der Waals surface area (Å²) in [6.45, 7) is 0. The SMILES string of the molecule is COc1cc(O)c(C(=O)O)cc1OC.COc1cc(O)c(C(=O)O)cc1OC. The van der Waals surface area contributed by atoms with Gasteiger partial charge in [0.1, 0.15) is 22.6 Å². The Morgan fingerprint density at radius 3 is 1.07 bits per heavy atom. The second-order valence-electron chi connectivity index (χ2n) is 5.06. The maximum atomic E-state index is 10.6. The summed E-state index contributed by atoms with van der Waals surface area (Å²) >= 11 is 0. The molecule has 2 aromatic rings. The Hall–Kier alpha value is -3.82. The van der Waals surface area contributed by atoms with Gasteiger partial charge < -0.3 is 39.4 Å². The average Bonchev–Trinajstić information content (AvgIpc) is 2.67. The van der Waals surface area contributed by atoms with Gasteiger partial charge in [0.2, 0.25) is 0 Å². The van der Waals surface area contributed by atoms with Crippen molar-refractivity contribution in [2.75, 3.05) is 28.4 Å². The van der Waals surface area contributed by atoms with Gasteiger partial charge in [-0.1, -0.05) is 0 Å². The quantitative estimate of drug-likeness (QED) is 0.572. The number of rotatable bonds is 6. The molecule has 10 nitrogen and oxygen atoms in total. The molecule has 0 fully saturated rings. The molecule has 0 atom stereocenters.